The van der Waals surface area contributed by atoms with Gasteiger partial charge in [0.15, 0.2) is 12.4 Å². The Bertz CT molecular complexity index is 1040. The normalized spacial score (nSPS) is 21.0. The second-order valence-corrected chi connectivity index (χ2v) is 14.8. The Labute approximate surface area is 333 Å². The highest BCUT2D eigenvalue weighted by atomic mass is 16.7. The van der Waals surface area contributed by atoms with E-state index >= 15 is 0 Å². The first kappa shape index (κ1) is 50.7. The molecule has 1 rings (SSSR count). The lowest BCUT2D eigenvalue weighted by Crippen LogP contribution is -2.59. The van der Waals surface area contributed by atoms with Crippen LogP contribution in [-0.4, -0.2) is 89.0 Å². The SMILES string of the molecule is CC/C=C\C/C=C\C/C=C\C/C=C\CCCCCCCCCCCCC(=O)OC(COC(=O)CCCCCCCCC)COC1OC(CO)C(O)C(O)C1O. The summed E-state index contributed by atoms with van der Waals surface area (Å²) in [5.41, 5.74) is 0. The van der Waals surface area contributed by atoms with E-state index in [1.54, 1.807) is 0 Å². The first-order valence-corrected chi connectivity index (χ1v) is 21.7. The van der Waals surface area contributed by atoms with E-state index in [0.717, 1.165) is 77.0 Å². The van der Waals surface area contributed by atoms with Crippen molar-refractivity contribution in [1.82, 2.24) is 0 Å². The fourth-order valence-electron chi connectivity index (χ4n) is 6.30. The van der Waals surface area contributed by atoms with E-state index < -0.39 is 49.4 Å². The van der Waals surface area contributed by atoms with Gasteiger partial charge in [0.2, 0.25) is 0 Å². The first-order chi connectivity index (χ1) is 26.8. The van der Waals surface area contributed by atoms with E-state index in [2.05, 4.69) is 62.5 Å². The van der Waals surface area contributed by atoms with Gasteiger partial charge in [0, 0.05) is 12.8 Å². The Morgan fingerprint density at radius 2 is 1.07 bits per heavy atom. The molecule has 1 fully saturated rings. The second kappa shape index (κ2) is 36.0. The first-order valence-electron chi connectivity index (χ1n) is 21.7. The summed E-state index contributed by atoms with van der Waals surface area (Å²) in [6.07, 6.45) is 34.3. The molecule has 0 aromatic carbocycles. The summed E-state index contributed by atoms with van der Waals surface area (Å²) in [4.78, 5) is 25.1. The van der Waals surface area contributed by atoms with Crippen molar-refractivity contribution in [1.29, 1.82) is 0 Å². The highest BCUT2D eigenvalue weighted by Crippen LogP contribution is 2.22. The zero-order valence-corrected chi connectivity index (χ0v) is 34.4. The maximum absolute atomic E-state index is 12.7. The maximum Gasteiger partial charge on any atom is 0.306 e. The van der Waals surface area contributed by atoms with Crippen LogP contribution in [0.25, 0.3) is 0 Å². The third kappa shape index (κ3) is 27.8. The highest BCUT2D eigenvalue weighted by Gasteiger charge is 2.44. The number of esters is 2. The molecule has 0 spiro atoms. The molecule has 318 valence electrons. The average Bonchev–Trinajstić information content (AvgIpc) is 3.18. The number of carbonyl (C=O) groups is 2. The molecule has 6 atom stereocenters. The van der Waals surface area contributed by atoms with E-state index in [-0.39, 0.29) is 32.0 Å². The van der Waals surface area contributed by atoms with E-state index in [0.29, 0.717) is 6.42 Å². The maximum atomic E-state index is 12.7. The van der Waals surface area contributed by atoms with Crippen LogP contribution in [0.15, 0.2) is 48.6 Å². The van der Waals surface area contributed by atoms with Crippen molar-refractivity contribution in [2.75, 3.05) is 19.8 Å². The Hall–Kier alpha value is -2.34. The average molecular weight is 779 g/mol. The van der Waals surface area contributed by atoms with Gasteiger partial charge in [0.1, 0.15) is 31.0 Å². The van der Waals surface area contributed by atoms with Crippen molar-refractivity contribution in [3.63, 3.8) is 0 Å². The fourth-order valence-corrected chi connectivity index (χ4v) is 6.30. The summed E-state index contributed by atoms with van der Waals surface area (Å²) in [5, 5.41) is 39.9. The fraction of sp³-hybridized carbons (Fsp3) is 0.778. The van der Waals surface area contributed by atoms with E-state index in [4.69, 9.17) is 18.9 Å². The molecular formula is C45H78O10. The Morgan fingerprint density at radius 3 is 1.62 bits per heavy atom. The molecule has 1 aliphatic rings. The van der Waals surface area contributed by atoms with Gasteiger partial charge >= 0.3 is 11.9 Å². The predicted octanol–water partition coefficient (Wildman–Crippen LogP) is 8.88. The number of ether oxygens (including phenoxy) is 4. The summed E-state index contributed by atoms with van der Waals surface area (Å²) >= 11 is 0. The van der Waals surface area contributed by atoms with Crippen LogP contribution in [0.4, 0.5) is 0 Å². The van der Waals surface area contributed by atoms with Gasteiger partial charge in [-0.1, -0.05) is 152 Å². The molecule has 55 heavy (non-hydrogen) atoms. The van der Waals surface area contributed by atoms with Crippen molar-refractivity contribution >= 4 is 11.9 Å². The molecule has 1 saturated heterocycles. The highest BCUT2D eigenvalue weighted by molar-refractivity contribution is 5.70. The van der Waals surface area contributed by atoms with Crippen LogP contribution in [-0.2, 0) is 28.5 Å². The summed E-state index contributed by atoms with van der Waals surface area (Å²) in [7, 11) is 0. The largest absolute Gasteiger partial charge is 0.462 e. The lowest BCUT2D eigenvalue weighted by atomic mass is 9.99. The zero-order valence-electron chi connectivity index (χ0n) is 34.4. The zero-order chi connectivity index (χ0) is 40.2. The van der Waals surface area contributed by atoms with Gasteiger partial charge in [0.05, 0.1) is 13.2 Å². The van der Waals surface area contributed by atoms with Gasteiger partial charge in [-0.25, -0.2) is 0 Å². The third-order valence-electron chi connectivity index (χ3n) is 9.73. The number of hydrogen-bond donors (Lipinski definition) is 4. The van der Waals surface area contributed by atoms with Crippen LogP contribution < -0.4 is 0 Å². The van der Waals surface area contributed by atoms with Crippen molar-refractivity contribution in [3.05, 3.63) is 48.6 Å². The molecule has 4 N–H and O–H groups in total. The van der Waals surface area contributed by atoms with Gasteiger partial charge in [-0.3, -0.25) is 9.59 Å². The molecule has 6 unspecified atom stereocenters. The molecule has 0 aliphatic carbocycles. The molecule has 0 aromatic rings. The van der Waals surface area contributed by atoms with Crippen LogP contribution in [0.1, 0.15) is 168 Å². The van der Waals surface area contributed by atoms with Crippen LogP contribution >= 0.6 is 0 Å². The number of rotatable bonds is 35. The van der Waals surface area contributed by atoms with E-state index in [1.165, 1.54) is 57.8 Å². The molecule has 0 aromatic heterocycles. The molecule has 1 heterocycles. The smallest absolute Gasteiger partial charge is 0.306 e. The topological polar surface area (TPSA) is 152 Å². The molecule has 0 radical (unpaired) electrons. The van der Waals surface area contributed by atoms with Crippen molar-refractivity contribution in [2.24, 2.45) is 0 Å². The standard InChI is InChI=1S/C45H78O10/c1-3-5-7-9-11-12-13-14-15-16-17-18-19-20-21-22-23-24-25-26-28-30-32-34-41(48)54-38(36-52-40(47)33-31-29-27-10-8-6-4-2)37-53-45-44(51)43(50)42(49)39(35-46)55-45/h5,7,11-12,14-15,17-18,38-39,42-46,49-51H,3-4,6,8-10,13,16,19-37H2,1-2H3/b7-5-,12-11-,15-14-,18-17-. The molecule has 1 aliphatic heterocycles. The van der Waals surface area contributed by atoms with Crippen LogP contribution in [0.2, 0.25) is 0 Å². The second-order valence-electron chi connectivity index (χ2n) is 14.8. The molecule has 0 amide bonds. The van der Waals surface area contributed by atoms with Crippen LogP contribution in [0, 0.1) is 0 Å². The van der Waals surface area contributed by atoms with Gasteiger partial charge < -0.3 is 39.4 Å². The number of hydrogen-bond acceptors (Lipinski definition) is 10. The van der Waals surface area contributed by atoms with E-state index in [1.807, 2.05) is 0 Å². The number of aliphatic hydroxyl groups excluding tert-OH is 4. The lowest BCUT2D eigenvalue weighted by Gasteiger charge is -2.39. The van der Waals surface area contributed by atoms with Crippen molar-refractivity contribution in [3.8, 4) is 0 Å². The van der Waals surface area contributed by atoms with E-state index in [9.17, 15) is 30.0 Å². The third-order valence-corrected chi connectivity index (χ3v) is 9.73. The summed E-state index contributed by atoms with van der Waals surface area (Å²) in [6.45, 7) is 3.24. The van der Waals surface area contributed by atoms with Crippen molar-refractivity contribution < 1.29 is 49.0 Å². The molecule has 0 saturated carbocycles. The predicted molar refractivity (Wildman–Crippen MR) is 219 cm³/mol. The minimum absolute atomic E-state index is 0.219. The molecule has 0 bridgehead atoms. The Kier molecular flexibility index (Phi) is 33.2. The summed E-state index contributed by atoms with van der Waals surface area (Å²) in [6, 6.07) is 0. The van der Waals surface area contributed by atoms with Gasteiger partial charge in [0.25, 0.3) is 0 Å². The number of allylic oxidation sites excluding steroid dienone is 8. The van der Waals surface area contributed by atoms with Gasteiger partial charge in [-0.05, 0) is 51.4 Å². The molecule has 10 heteroatoms. The molecule has 10 nitrogen and oxygen atoms in total. The minimum atomic E-state index is -1.59. The number of aliphatic hydroxyl groups is 4. The van der Waals surface area contributed by atoms with Crippen molar-refractivity contribution in [2.45, 2.75) is 205 Å². The van der Waals surface area contributed by atoms with Gasteiger partial charge in [-0.2, -0.15) is 0 Å². The Morgan fingerprint density at radius 1 is 0.582 bits per heavy atom. The molecular weight excluding hydrogens is 700 g/mol. The van der Waals surface area contributed by atoms with Crippen LogP contribution in [0.5, 0.6) is 0 Å². The summed E-state index contributed by atoms with van der Waals surface area (Å²) in [5.74, 6) is -0.819. The Balaban J connectivity index is 2.25. The van der Waals surface area contributed by atoms with Crippen LogP contribution in [0.3, 0.4) is 0 Å². The minimum Gasteiger partial charge on any atom is -0.462 e. The number of unbranched alkanes of at least 4 members (excludes halogenated alkanes) is 16. The lowest BCUT2D eigenvalue weighted by molar-refractivity contribution is -0.305. The summed E-state index contributed by atoms with van der Waals surface area (Å²) < 4.78 is 22.0. The van der Waals surface area contributed by atoms with Gasteiger partial charge in [-0.15, -0.1) is 0 Å². The quantitative estimate of drug-likeness (QED) is 0.0279. The monoisotopic (exact) mass is 779 g/mol. The number of carbonyl (C=O) groups excluding carboxylic acids is 2.